The van der Waals surface area contributed by atoms with Gasteiger partial charge in [-0.1, -0.05) is 46.7 Å². The van der Waals surface area contributed by atoms with Gasteiger partial charge in [-0.3, -0.25) is 0 Å². The first-order valence-electron chi connectivity index (χ1n) is 9.71. The molecule has 2 aromatic heterocycles. The van der Waals surface area contributed by atoms with Crippen LogP contribution in [0.4, 0.5) is 0 Å². The Morgan fingerprint density at radius 2 is 1.39 bits per heavy atom. The molecule has 0 atom stereocenters. The lowest BCUT2D eigenvalue weighted by atomic mass is 9.70. The van der Waals surface area contributed by atoms with Crippen LogP contribution in [0.2, 0.25) is 5.28 Å². The maximum Gasteiger partial charge on any atom is 0.226 e. The molecule has 2 N–H and O–H groups in total. The first kappa shape index (κ1) is 19.5. The summed E-state index contributed by atoms with van der Waals surface area (Å²) in [6.07, 6.45) is 0. The zero-order valence-corrected chi connectivity index (χ0v) is 17.8. The van der Waals surface area contributed by atoms with Crippen LogP contribution in [-0.4, -0.2) is 48.7 Å². The number of halogens is 1. The number of aromatic hydroxyl groups is 2. The first-order valence-corrected chi connectivity index (χ1v) is 10.1. The summed E-state index contributed by atoms with van der Waals surface area (Å²) < 4.78 is 5.96. The Kier molecular flexibility index (Phi) is 4.45. The lowest BCUT2D eigenvalue weighted by Gasteiger charge is -2.16. The van der Waals surface area contributed by atoms with E-state index in [0.717, 1.165) is 21.8 Å². The maximum atomic E-state index is 10.8. The number of aromatic nitrogens is 3. The van der Waals surface area contributed by atoms with Crippen molar-refractivity contribution in [1.29, 1.82) is 0 Å². The molecule has 5 aromatic rings. The van der Waals surface area contributed by atoms with Gasteiger partial charge in [0.2, 0.25) is 5.28 Å². The third-order valence-corrected chi connectivity index (χ3v) is 5.95. The van der Waals surface area contributed by atoms with Crippen LogP contribution in [0, 0.1) is 0 Å². The molecule has 0 fully saturated rings. The number of nitrogens with zero attached hydrogens (tertiary/aromatic N) is 3. The van der Waals surface area contributed by atoms with E-state index in [1.165, 1.54) is 0 Å². The van der Waals surface area contributed by atoms with E-state index in [1.54, 1.807) is 15.7 Å². The third-order valence-electron chi connectivity index (χ3n) is 5.78. The Morgan fingerprint density at radius 3 is 2.13 bits per heavy atom. The number of rotatable bonds is 2. The Balaban J connectivity index is 1.81. The van der Waals surface area contributed by atoms with Crippen molar-refractivity contribution in [1.82, 2.24) is 15.0 Å². The van der Waals surface area contributed by atoms with Crippen molar-refractivity contribution in [3.05, 3.63) is 47.7 Å². The zero-order valence-electron chi connectivity index (χ0n) is 17.1. The van der Waals surface area contributed by atoms with Crippen LogP contribution in [-0.2, 0) is 0 Å². The standard InChI is InChI=1S/C21H15B3ClN3O3/c22-14-15(23)17(29)13(18(30)16(14)24)20-26-19(27-21(25)28-20)9-5-3-7-11-12(9)8-4-1-2-6-10(8)31-11/h1-7,29-30H,22-24H2. The lowest BCUT2D eigenvalue weighted by molar-refractivity contribution is 0.459. The molecule has 0 saturated heterocycles. The quantitative estimate of drug-likeness (QED) is 0.386. The van der Waals surface area contributed by atoms with Gasteiger partial charge < -0.3 is 14.6 Å². The Bertz CT molecular complexity index is 1490. The second-order valence-corrected chi connectivity index (χ2v) is 7.81. The van der Waals surface area contributed by atoms with Crippen molar-refractivity contribution < 1.29 is 14.6 Å². The largest absolute Gasteiger partial charge is 0.508 e. The summed E-state index contributed by atoms with van der Waals surface area (Å²) >= 11 is 6.26. The first-order chi connectivity index (χ1) is 14.9. The predicted molar refractivity (Wildman–Crippen MR) is 131 cm³/mol. The topological polar surface area (TPSA) is 92.3 Å². The molecule has 0 aliphatic carbocycles. The molecule has 0 aliphatic rings. The predicted octanol–water partition coefficient (Wildman–Crippen LogP) is -0.0552. The fourth-order valence-corrected chi connectivity index (χ4v) is 4.04. The number of benzene rings is 3. The third kappa shape index (κ3) is 2.96. The van der Waals surface area contributed by atoms with Crippen LogP contribution >= 0.6 is 11.6 Å². The molecule has 0 aliphatic heterocycles. The van der Waals surface area contributed by atoms with E-state index in [1.807, 2.05) is 50.3 Å². The molecule has 0 unspecified atom stereocenters. The van der Waals surface area contributed by atoms with Crippen LogP contribution in [0.5, 0.6) is 11.5 Å². The zero-order chi connectivity index (χ0) is 21.9. The molecule has 10 heteroatoms. The summed E-state index contributed by atoms with van der Waals surface area (Å²) in [6, 6.07) is 13.3. The number of hydrogen-bond donors (Lipinski definition) is 2. The van der Waals surface area contributed by atoms with Gasteiger partial charge in [0.15, 0.2) is 11.6 Å². The Hall–Kier alpha value is -3.45. The van der Waals surface area contributed by atoms with E-state index in [-0.39, 0.29) is 28.2 Å². The molecule has 0 amide bonds. The van der Waals surface area contributed by atoms with E-state index in [9.17, 15) is 10.2 Å². The fourth-order valence-electron chi connectivity index (χ4n) is 3.88. The molecule has 2 heterocycles. The molecule has 148 valence electrons. The summed E-state index contributed by atoms with van der Waals surface area (Å²) in [4.78, 5) is 13.1. The van der Waals surface area contributed by atoms with E-state index in [4.69, 9.17) is 16.0 Å². The molecular formula is C21H15B3ClN3O3. The number of para-hydroxylation sites is 1. The van der Waals surface area contributed by atoms with Gasteiger partial charge in [-0.15, -0.1) is 0 Å². The van der Waals surface area contributed by atoms with Crippen molar-refractivity contribution in [3.8, 4) is 34.3 Å². The summed E-state index contributed by atoms with van der Waals surface area (Å²) in [6.45, 7) is 0. The second kappa shape index (κ2) is 7.06. The monoisotopic (exact) mass is 425 g/mol. The molecule has 31 heavy (non-hydrogen) atoms. The van der Waals surface area contributed by atoms with Crippen molar-refractivity contribution in [2.24, 2.45) is 0 Å². The highest BCUT2D eigenvalue weighted by Gasteiger charge is 2.22. The van der Waals surface area contributed by atoms with Crippen LogP contribution in [0.15, 0.2) is 46.9 Å². The van der Waals surface area contributed by atoms with Crippen LogP contribution < -0.4 is 16.4 Å². The minimum absolute atomic E-state index is 0.0421. The smallest absolute Gasteiger partial charge is 0.226 e. The molecule has 0 spiro atoms. The number of phenolic OH excluding ortho intramolecular Hbond substituents is 2. The average molecular weight is 425 g/mol. The molecular weight excluding hydrogens is 410 g/mol. The molecule has 0 saturated carbocycles. The lowest BCUT2D eigenvalue weighted by Crippen LogP contribution is -2.39. The highest BCUT2D eigenvalue weighted by atomic mass is 35.5. The van der Waals surface area contributed by atoms with Gasteiger partial charge in [0.1, 0.15) is 51.8 Å². The van der Waals surface area contributed by atoms with Crippen molar-refractivity contribution in [3.63, 3.8) is 0 Å². The van der Waals surface area contributed by atoms with E-state index < -0.39 is 0 Å². The number of fused-ring (bicyclic) bond motifs is 3. The van der Waals surface area contributed by atoms with Crippen molar-refractivity contribution >= 4 is 73.5 Å². The van der Waals surface area contributed by atoms with Gasteiger partial charge in [-0.25, -0.2) is 4.98 Å². The van der Waals surface area contributed by atoms with Crippen molar-refractivity contribution in [2.45, 2.75) is 0 Å². The Morgan fingerprint density at radius 1 is 0.742 bits per heavy atom. The molecule has 6 nitrogen and oxygen atoms in total. The highest BCUT2D eigenvalue weighted by Crippen LogP contribution is 2.37. The van der Waals surface area contributed by atoms with E-state index in [2.05, 4.69) is 15.0 Å². The minimum Gasteiger partial charge on any atom is -0.508 e. The molecule has 5 rings (SSSR count). The van der Waals surface area contributed by atoms with Gasteiger partial charge in [0, 0.05) is 16.3 Å². The van der Waals surface area contributed by atoms with Gasteiger partial charge in [0.25, 0.3) is 0 Å². The van der Waals surface area contributed by atoms with Gasteiger partial charge in [0.05, 0.1) is 0 Å². The number of furan rings is 1. The summed E-state index contributed by atoms with van der Waals surface area (Å²) in [5.41, 5.74) is 4.39. The Labute approximate surface area is 185 Å². The van der Waals surface area contributed by atoms with E-state index >= 15 is 0 Å². The van der Waals surface area contributed by atoms with Gasteiger partial charge >= 0.3 is 0 Å². The number of phenols is 2. The SMILES string of the molecule is Bc1c(B)c(O)c(-c2nc(Cl)nc(-c3cccc4oc5ccccc5c34)n2)c(O)c1B. The molecule has 3 aromatic carbocycles. The molecule has 0 bridgehead atoms. The fraction of sp³-hybridized carbons (Fsp3) is 0. The normalized spacial score (nSPS) is 11.4. The summed E-state index contributed by atoms with van der Waals surface area (Å²) in [5, 5.41) is 23.2. The highest BCUT2D eigenvalue weighted by molar-refractivity contribution is 6.59. The van der Waals surface area contributed by atoms with Crippen LogP contribution in [0.25, 0.3) is 44.7 Å². The average Bonchev–Trinajstić information content (AvgIpc) is 3.15. The second-order valence-electron chi connectivity index (χ2n) is 7.48. The minimum atomic E-state index is -0.0826. The van der Waals surface area contributed by atoms with Crippen LogP contribution in [0.1, 0.15) is 0 Å². The summed E-state index contributed by atoms with van der Waals surface area (Å²) in [7, 11) is 5.40. The number of hydrogen-bond acceptors (Lipinski definition) is 6. The maximum absolute atomic E-state index is 10.8. The van der Waals surface area contributed by atoms with Crippen LogP contribution in [0.3, 0.4) is 0 Å². The summed E-state index contributed by atoms with van der Waals surface area (Å²) in [5.74, 6) is 0.254. The van der Waals surface area contributed by atoms with Gasteiger partial charge in [-0.05, 0) is 23.7 Å². The van der Waals surface area contributed by atoms with E-state index in [0.29, 0.717) is 27.9 Å². The van der Waals surface area contributed by atoms with Gasteiger partial charge in [-0.2, -0.15) is 9.97 Å². The van der Waals surface area contributed by atoms with Crippen molar-refractivity contribution in [2.75, 3.05) is 0 Å². The molecule has 0 radical (unpaired) electrons.